The van der Waals surface area contributed by atoms with Crippen molar-refractivity contribution in [3.63, 3.8) is 0 Å². The fourth-order valence-electron chi connectivity index (χ4n) is 1.33. The van der Waals surface area contributed by atoms with E-state index in [1.54, 1.807) is 4.52 Å². The van der Waals surface area contributed by atoms with Crippen LogP contribution in [0.1, 0.15) is 5.69 Å². The van der Waals surface area contributed by atoms with Crippen molar-refractivity contribution < 1.29 is 0 Å². The first-order chi connectivity index (χ1) is 6.72. The van der Waals surface area contributed by atoms with Gasteiger partial charge in [0.15, 0.2) is 5.15 Å². The van der Waals surface area contributed by atoms with Gasteiger partial charge >= 0.3 is 0 Å². The first-order valence-corrected chi connectivity index (χ1v) is 4.87. The van der Waals surface area contributed by atoms with Crippen LogP contribution in [0.2, 0.25) is 10.4 Å². The largest absolute Gasteiger partial charge is 0.330 e. The Kier molecular flexibility index (Phi) is 2.58. The van der Waals surface area contributed by atoms with Crippen LogP contribution in [0.5, 0.6) is 0 Å². The number of halogens is 2. The minimum Gasteiger partial charge on any atom is -0.330 e. The number of rotatable bonds is 2. The summed E-state index contributed by atoms with van der Waals surface area (Å²) in [7, 11) is 0. The predicted molar refractivity (Wildman–Crippen MR) is 55.8 cm³/mol. The maximum Gasteiger partial charge on any atom is 0.242 e. The van der Waals surface area contributed by atoms with Crippen LogP contribution >= 0.6 is 23.2 Å². The van der Waals surface area contributed by atoms with E-state index < -0.39 is 0 Å². The average Bonchev–Trinajstić information content (AvgIpc) is 2.49. The SMILES string of the molecule is NCCc1ccc2c(Cl)nc(Cl)nn12. The van der Waals surface area contributed by atoms with Crippen molar-refractivity contribution in [1.82, 2.24) is 14.6 Å². The molecule has 74 valence electrons. The molecule has 14 heavy (non-hydrogen) atoms. The Morgan fingerprint density at radius 3 is 2.86 bits per heavy atom. The Balaban J connectivity index is 2.66. The molecule has 0 saturated heterocycles. The van der Waals surface area contributed by atoms with E-state index in [9.17, 15) is 0 Å². The van der Waals surface area contributed by atoms with Gasteiger partial charge in [-0.2, -0.15) is 0 Å². The summed E-state index contributed by atoms with van der Waals surface area (Å²) in [5.41, 5.74) is 7.19. The average molecular weight is 231 g/mol. The highest BCUT2D eigenvalue weighted by molar-refractivity contribution is 6.34. The van der Waals surface area contributed by atoms with Gasteiger partial charge in [0.05, 0.1) is 0 Å². The fourth-order valence-corrected chi connectivity index (χ4v) is 1.75. The number of aromatic nitrogens is 3. The summed E-state index contributed by atoms with van der Waals surface area (Å²) in [6, 6.07) is 3.77. The summed E-state index contributed by atoms with van der Waals surface area (Å²) in [6.45, 7) is 0.561. The summed E-state index contributed by atoms with van der Waals surface area (Å²) in [4.78, 5) is 3.84. The standard InChI is InChI=1S/C8H8Cl2N4/c9-7-6-2-1-5(3-4-11)14(6)13-8(10)12-7/h1-2H,3-4,11H2. The smallest absolute Gasteiger partial charge is 0.242 e. The third-order valence-electron chi connectivity index (χ3n) is 1.92. The van der Waals surface area contributed by atoms with Crippen molar-refractivity contribution in [3.05, 3.63) is 28.3 Å². The number of hydrogen-bond acceptors (Lipinski definition) is 3. The zero-order valence-corrected chi connectivity index (χ0v) is 8.76. The van der Waals surface area contributed by atoms with Gasteiger partial charge in [-0.15, -0.1) is 5.10 Å². The molecule has 0 fully saturated rings. The molecule has 0 radical (unpaired) electrons. The molecular formula is C8H8Cl2N4. The second-order valence-corrected chi connectivity index (χ2v) is 3.53. The Labute approximate surface area is 90.6 Å². The Hall–Kier alpha value is -0.840. The molecule has 0 aliphatic heterocycles. The van der Waals surface area contributed by atoms with Crippen molar-refractivity contribution in [2.45, 2.75) is 6.42 Å². The van der Waals surface area contributed by atoms with E-state index in [0.29, 0.717) is 11.7 Å². The van der Waals surface area contributed by atoms with Crippen LogP contribution in [0.3, 0.4) is 0 Å². The Morgan fingerprint density at radius 1 is 1.36 bits per heavy atom. The van der Waals surface area contributed by atoms with E-state index in [1.807, 2.05) is 12.1 Å². The second-order valence-electron chi connectivity index (χ2n) is 2.83. The number of nitrogens with two attached hydrogens (primary N) is 1. The lowest BCUT2D eigenvalue weighted by Crippen LogP contribution is -2.07. The first-order valence-electron chi connectivity index (χ1n) is 4.12. The molecule has 2 heterocycles. The number of fused-ring (bicyclic) bond motifs is 1. The van der Waals surface area contributed by atoms with Gasteiger partial charge < -0.3 is 5.73 Å². The zero-order chi connectivity index (χ0) is 10.1. The minimum absolute atomic E-state index is 0.136. The number of nitrogens with zero attached hydrogens (tertiary/aromatic N) is 3. The van der Waals surface area contributed by atoms with Gasteiger partial charge in [-0.1, -0.05) is 11.6 Å². The van der Waals surface area contributed by atoms with Gasteiger partial charge in [0.2, 0.25) is 5.28 Å². The van der Waals surface area contributed by atoms with Crippen LogP contribution in [0.15, 0.2) is 12.1 Å². The zero-order valence-electron chi connectivity index (χ0n) is 7.24. The normalized spacial score (nSPS) is 11.1. The molecule has 0 aromatic carbocycles. The lowest BCUT2D eigenvalue weighted by molar-refractivity contribution is 0.812. The molecule has 0 aliphatic carbocycles. The second kappa shape index (κ2) is 3.73. The lowest BCUT2D eigenvalue weighted by atomic mass is 10.3. The highest BCUT2D eigenvalue weighted by Crippen LogP contribution is 2.18. The van der Waals surface area contributed by atoms with Gasteiger partial charge in [0, 0.05) is 12.1 Å². The third-order valence-corrected chi connectivity index (χ3v) is 2.36. The quantitative estimate of drug-likeness (QED) is 0.852. The monoisotopic (exact) mass is 230 g/mol. The predicted octanol–water partition coefficient (Wildman–Crippen LogP) is 1.54. The Morgan fingerprint density at radius 2 is 2.14 bits per heavy atom. The molecule has 6 heteroatoms. The van der Waals surface area contributed by atoms with Crippen LogP contribution < -0.4 is 5.73 Å². The van der Waals surface area contributed by atoms with Crippen molar-refractivity contribution in [3.8, 4) is 0 Å². The third kappa shape index (κ3) is 1.56. The molecule has 0 bridgehead atoms. The molecule has 4 nitrogen and oxygen atoms in total. The van der Waals surface area contributed by atoms with Crippen LogP contribution in [-0.4, -0.2) is 21.1 Å². The highest BCUT2D eigenvalue weighted by atomic mass is 35.5. The summed E-state index contributed by atoms with van der Waals surface area (Å²) >= 11 is 11.6. The molecule has 0 unspecified atom stereocenters. The van der Waals surface area contributed by atoms with E-state index in [0.717, 1.165) is 17.6 Å². The summed E-state index contributed by atoms with van der Waals surface area (Å²) in [5.74, 6) is 0. The molecule has 2 N–H and O–H groups in total. The maximum atomic E-state index is 5.89. The highest BCUT2D eigenvalue weighted by Gasteiger charge is 2.07. The van der Waals surface area contributed by atoms with Gasteiger partial charge in [0.1, 0.15) is 5.52 Å². The van der Waals surface area contributed by atoms with Crippen molar-refractivity contribution in [1.29, 1.82) is 0 Å². The van der Waals surface area contributed by atoms with E-state index in [-0.39, 0.29) is 5.28 Å². The molecule has 0 aliphatic rings. The van der Waals surface area contributed by atoms with Crippen LogP contribution in [0.4, 0.5) is 0 Å². The molecule has 0 amide bonds. The fraction of sp³-hybridized carbons (Fsp3) is 0.250. The van der Waals surface area contributed by atoms with E-state index in [4.69, 9.17) is 28.9 Å². The van der Waals surface area contributed by atoms with E-state index >= 15 is 0 Å². The van der Waals surface area contributed by atoms with Gasteiger partial charge in [-0.05, 0) is 30.3 Å². The van der Waals surface area contributed by atoms with E-state index in [2.05, 4.69) is 10.1 Å². The lowest BCUT2D eigenvalue weighted by Gasteiger charge is -2.01. The molecule has 0 atom stereocenters. The minimum atomic E-state index is 0.136. The maximum absolute atomic E-state index is 5.89. The van der Waals surface area contributed by atoms with Crippen molar-refractivity contribution in [2.75, 3.05) is 6.54 Å². The summed E-state index contributed by atoms with van der Waals surface area (Å²) in [5, 5.41) is 4.54. The van der Waals surface area contributed by atoms with E-state index in [1.165, 1.54) is 0 Å². The summed E-state index contributed by atoms with van der Waals surface area (Å²) < 4.78 is 1.67. The molecule has 2 rings (SSSR count). The summed E-state index contributed by atoms with van der Waals surface area (Å²) in [6.07, 6.45) is 0.734. The first kappa shape index (κ1) is 9.71. The van der Waals surface area contributed by atoms with Crippen LogP contribution in [0, 0.1) is 0 Å². The van der Waals surface area contributed by atoms with Crippen molar-refractivity contribution >= 4 is 28.7 Å². The number of hydrogen-bond donors (Lipinski definition) is 1. The molecule has 0 saturated carbocycles. The van der Waals surface area contributed by atoms with Gasteiger partial charge in [-0.3, -0.25) is 0 Å². The van der Waals surface area contributed by atoms with Crippen LogP contribution in [-0.2, 0) is 6.42 Å². The topological polar surface area (TPSA) is 56.2 Å². The van der Waals surface area contributed by atoms with Gasteiger partial charge in [0.25, 0.3) is 0 Å². The van der Waals surface area contributed by atoms with Crippen LogP contribution in [0.25, 0.3) is 5.52 Å². The van der Waals surface area contributed by atoms with Gasteiger partial charge in [-0.25, -0.2) is 9.50 Å². The molecule has 2 aromatic rings. The Bertz CT molecular complexity index is 466. The van der Waals surface area contributed by atoms with Crippen molar-refractivity contribution in [2.24, 2.45) is 5.73 Å². The molecule has 2 aromatic heterocycles. The molecule has 0 spiro atoms. The molecular weight excluding hydrogens is 223 g/mol.